The summed E-state index contributed by atoms with van der Waals surface area (Å²) in [6.07, 6.45) is 6.19. The molecule has 1 N–H and O–H groups in total. The lowest BCUT2D eigenvalue weighted by Gasteiger charge is -2.07. The molecule has 3 heterocycles. The van der Waals surface area contributed by atoms with Gasteiger partial charge in [-0.1, -0.05) is 12.1 Å². The average molecular weight is 378 g/mol. The molecule has 0 atom stereocenters. The van der Waals surface area contributed by atoms with Gasteiger partial charge in [0.05, 0.1) is 24.6 Å². The van der Waals surface area contributed by atoms with Crippen molar-refractivity contribution in [1.82, 2.24) is 19.5 Å². The number of hydrogen-bond donors (Lipinski definition) is 1. The average Bonchev–Trinajstić information content (AvgIpc) is 3.40. The molecule has 0 aliphatic carbocycles. The molecule has 0 aliphatic heterocycles. The van der Waals surface area contributed by atoms with Crippen LogP contribution in [0, 0.1) is 0 Å². The highest BCUT2D eigenvalue weighted by atomic mass is 16.5. The normalized spacial score (nSPS) is 10.9. The first-order valence-electron chi connectivity index (χ1n) is 8.69. The van der Waals surface area contributed by atoms with Gasteiger partial charge < -0.3 is 19.0 Å². The van der Waals surface area contributed by atoms with Crippen molar-refractivity contribution in [2.75, 3.05) is 13.7 Å². The smallest absolute Gasteiger partial charge is 0.276 e. The first kappa shape index (κ1) is 17.6. The summed E-state index contributed by atoms with van der Waals surface area (Å²) in [5.41, 5.74) is 2.27. The number of carbonyl (C=O) groups excluding carboxylic acids is 1. The third-order valence-electron chi connectivity index (χ3n) is 4.39. The lowest BCUT2D eigenvalue weighted by atomic mass is 10.1. The van der Waals surface area contributed by atoms with Gasteiger partial charge in [-0.15, -0.1) is 0 Å². The Morgan fingerprint density at radius 2 is 2.14 bits per heavy atom. The first-order chi connectivity index (χ1) is 13.7. The second-order valence-electron chi connectivity index (χ2n) is 6.16. The summed E-state index contributed by atoms with van der Waals surface area (Å²) >= 11 is 0. The van der Waals surface area contributed by atoms with Crippen molar-refractivity contribution in [1.29, 1.82) is 0 Å². The fraction of sp³-hybridized carbons (Fsp3) is 0.150. The molecule has 0 radical (unpaired) electrons. The second-order valence-corrected chi connectivity index (χ2v) is 6.16. The van der Waals surface area contributed by atoms with Crippen LogP contribution >= 0.6 is 0 Å². The van der Waals surface area contributed by atoms with Crippen LogP contribution in [0.3, 0.4) is 0 Å². The second kappa shape index (κ2) is 7.43. The van der Waals surface area contributed by atoms with Crippen LogP contribution in [0.15, 0.2) is 70.5 Å². The summed E-state index contributed by atoms with van der Waals surface area (Å²) in [7, 11) is 1.60. The Hall–Kier alpha value is -3.81. The molecule has 1 aromatic carbocycles. The van der Waals surface area contributed by atoms with Gasteiger partial charge in [-0.2, -0.15) is 5.10 Å². The van der Waals surface area contributed by atoms with Crippen LogP contribution in [-0.4, -0.2) is 33.7 Å². The van der Waals surface area contributed by atoms with Gasteiger partial charge in [-0.25, -0.2) is 4.52 Å². The highest BCUT2D eigenvalue weighted by Gasteiger charge is 2.11. The van der Waals surface area contributed by atoms with Crippen LogP contribution in [0.4, 0.5) is 0 Å². The van der Waals surface area contributed by atoms with Crippen LogP contribution in [0.1, 0.15) is 10.4 Å². The maximum Gasteiger partial charge on any atom is 0.276 e. The molecule has 0 saturated carbocycles. The van der Waals surface area contributed by atoms with Crippen molar-refractivity contribution >= 4 is 11.4 Å². The molecule has 28 heavy (non-hydrogen) atoms. The van der Waals surface area contributed by atoms with Crippen molar-refractivity contribution in [3.8, 4) is 17.0 Å². The fourth-order valence-electron chi connectivity index (χ4n) is 2.91. The van der Waals surface area contributed by atoms with Crippen molar-refractivity contribution in [3.63, 3.8) is 0 Å². The molecule has 0 unspecified atom stereocenters. The number of rotatable bonds is 6. The molecule has 1 amide bonds. The Morgan fingerprint density at radius 3 is 2.93 bits per heavy atom. The van der Waals surface area contributed by atoms with Crippen molar-refractivity contribution in [2.24, 2.45) is 0 Å². The standard InChI is InChI=1S/C20H18N4O4/c1-27-16-4-2-3-14(11-16)17-12-18-20(26)23(8-9-24(18)22-17)7-6-21-19(25)15-5-10-28-13-15/h2-5,8-13H,6-7H2,1H3,(H,21,25). The molecule has 3 aromatic heterocycles. The van der Waals surface area contributed by atoms with Gasteiger partial charge in [-0.3, -0.25) is 9.59 Å². The predicted molar refractivity (Wildman–Crippen MR) is 102 cm³/mol. The maximum absolute atomic E-state index is 12.8. The topological polar surface area (TPSA) is 90.8 Å². The molecule has 0 aliphatic rings. The minimum atomic E-state index is -0.243. The van der Waals surface area contributed by atoms with E-state index in [-0.39, 0.29) is 11.5 Å². The van der Waals surface area contributed by atoms with E-state index < -0.39 is 0 Å². The summed E-state index contributed by atoms with van der Waals surface area (Å²) in [4.78, 5) is 24.7. The van der Waals surface area contributed by atoms with E-state index in [9.17, 15) is 9.59 Å². The van der Waals surface area contributed by atoms with Crippen molar-refractivity contribution in [3.05, 3.63) is 77.2 Å². The van der Waals surface area contributed by atoms with E-state index in [1.165, 1.54) is 12.5 Å². The monoisotopic (exact) mass is 378 g/mol. The minimum absolute atomic E-state index is 0.179. The van der Waals surface area contributed by atoms with Crippen molar-refractivity contribution in [2.45, 2.75) is 6.54 Å². The van der Waals surface area contributed by atoms with Gasteiger partial charge in [0.1, 0.15) is 17.5 Å². The fourth-order valence-corrected chi connectivity index (χ4v) is 2.91. The summed E-state index contributed by atoms with van der Waals surface area (Å²) in [5, 5.41) is 7.23. The number of hydrogen-bond acceptors (Lipinski definition) is 5. The first-order valence-corrected chi connectivity index (χ1v) is 8.69. The summed E-state index contributed by atoms with van der Waals surface area (Å²) in [6, 6.07) is 10.8. The Kier molecular flexibility index (Phi) is 4.67. The molecule has 8 nitrogen and oxygen atoms in total. The van der Waals surface area contributed by atoms with Crippen LogP contribution in [-0.2, 0) is 6.54 Å². The Bertz CT molecular complexity index is 1170. The van der Waals surface area contributed by atoms with Gasteiger partial charge in [-0.05, 0) is 24.3 Å². The number of nitrogens with zero attached hydrogens (tertiary/aromatic N) is 3. The van der Waals surface area contributed by atoms with Gasteiger partial charge >= 0.3 is 0 Å². The Morgan fingerprint density at radius 1 is 1.25 bits per heavy atom. The molecule has 4 aromatic rings. The number of nitrogens with one attached hydrogen (secondary N) is 1. The Labute approximate surface area is 160 Å². The minimum Gasteiger partial charge on any atom is -0.497 e. The molecule has 0 fully saturated rings. The Balaban J connectivity index is 1.53. The highest BCUT2D eigenvalue weighted by Crippen LogP contribution is 2.23. The van der Waals surface area contributed by atoms with Gasteiger partial charge in [0.25, 0.3) is 11.5 Å². The largest absolute Gasteiger partial charge is 0.497 e. The summed E-state index contributed by atoms with van der Waals surface area (Å²) < 4.78 is 13.2. The number of carbonyl (C=O) groups is 1. The number of ether oxygens (including phenoxy) is 1. The van der Waals surface area contributed by atoms with Crippen LogP contribution < -0.4 is 15.6 Å². The zero-order valence-electron chi connectivity index (χ0n) is 15.2. The molecular weight excluding hydrogens is 360 g/mol. The number of fused-ring (bicyclic) bond motifs is 1. The molecular formula is C20H18N4O4. The number of aromatic nitrogens is 3. The zero-order valence-corrected chi connectivity index (χ0v) is 15.2. The lowest BCUT2D eigenvalue weighted by molar-refractivity contribution is 0.0951. The van der Waals surface area contributed by atoms with Gasteiger partial charge in [0, 0.05) is 31.0 Å². The van der Waals surface area contributed by atoms with E-state index >= 15 is 0 Å². The zero-order chi connectivity index (χ0) is 19.5. The van der Waals surface area contributed by atoms with Gasteiger partial charge in [0.15, 0.2) is 0 Å². The molecule has 0 spiro atoms. The predicted octanol–water partition coefficient (Wildman–Crippen LogP) is 2.19. The molecule has 8 heteroatoms. The van der Waals surface area contributed by atoms with E-state index in [4.69, 9.17) is 9.15 Å². The van der Waals surface area contributed by atoms with E-state index in [1.807, 2.05) is 24.3 Å². The van der Waals surface area contributed by atoms with Crippen LogP contribution in [0.2, 0.25) is 0 Å². The quantitative estimate of drug-likeness (QED) is 0.555. The maximum atomic E-state index is 12.8. The molecule has 0 saturated heterocycles. The van der Waals surface area contributed by atoms with E-state index in [0.29, 0.717) is 29.9 Å². The van der Waals surface area contributed by atoms with E-state index in [1.54, 1.807) is 40.7 Å². The molecule has 4 rings (SSSR count). The van der Waals surface area contributed by atoms with E-state index in [2.05, 4.69) is 10.4 Å². The third-order valence-corrected chi connectivity index (χ3v) is 4.39. The number of furan rings is 1. The van der Waals surface area contributed by atoms with E-state index in [0.717, 1.165) is 11.3 Å². The number of benzene rings is 1. The molecule has 0 bridgehead atoms. The van der Waals surface area contributed by atoms with Gasteiger partial charge in [0.2, 0.25) is 0 Å². The summed E-state index contributed by atoms with van der Waals surface area (Å²) in [6.45, 7) is 0.662. The number of methoxy groups -OCH3 is 1. The third kappa shape index (κ3) is 3.39. The SMILES string of the molecule is COc1cccc(-c2cc3c(=O)n(CCNC(=O)c4ccoc4)ccn3n2)c1. The van der Waals surface area contributed by atoms with Crippen LogP contribution in [0.25, 0.3) is 16.8 Å². The summed E-state index contributed by atoms with van der Waals surface area (Å²) in [5.74, 6) is 0.480. The highest BCUT2D eigenvalue weighted by molar-refractivity contribution is 5.93. The molecule has 142 valence electrons. The van der Waals surface area contributed by atoms with Crippen LogP contribution in [0.5, 0.6) is 5.75 Å². The number of amides is 1. The van der Waals surface area contributed by atoms with Crippen molar-refractivity contribution < 1.29 is 13.9 Å². The lowest BCUT2D eigenvalue weighted by Crippen LogP contribution is -2.30.